The van der Waals surface area contributed by atoms with Crippen LogP contribution in [-0.4, -0.2) is 36.2 Å². The van der Waals surface area contributed by atoms with E-state index in [0.717, 1.165) is 10.9 Å². The molecule has 0 aliphatic heterocycles. The van der Waals surface area contributed by atoms with E-state index in [-0.39, 0.29) is 12.2 Å². The SMILES string of the molecule is CCOC(=O)c1cn2c(cc3cc(OC)c(OC)cc32)[nH]c1=O. The van der Waals surface area contributed by atoms with Gasteiger partial charge in [0.1, 0.15) is 11.2 Å². The van der Waals surface area contributed by atoms with Crippen LogP contribution < -0.4 is 15.0 Å². The van der Waals surface area contributed by atoms with Crippen molar-refractivity contribution in [3.63, 3.8) is 0 Å². The fourth-order valence-electron chi connectivity index (χ4n) is 2.52. The molecule has 2 aromatic heterocycles. The molecule has 0 spiro atoms. The van der Waals surface area contributed by atoms with Crippen LogP contribution in [0.4, 0.5) is 0 Å². The van der Waals surface area contributed by atoms with Gasteiger partial charge >= 0.3 is 5.97 Å². The Morgan fingerprint density at radius 3 is 2.52 bits per heavy atom. The second-order valence-electron chi connectivity index (χ2n) is 4.88. The summed E-state index contributed by atoms with van der Waals surface area (Å²) in [6, 6.07) is 5.39. The summed E-state index contributed by atoms with van der Waals surface area (Å²) in [7, 11) is 3.10. The Kier molecular flexibility index (Phi) is 3.69. The Balaban J connectivity index is 2.30. The molecule has 0 radical (unpaired) electrons. The number of hydrogen-bond acceptors (Lipinski definition) is 5. The molecule has 0 saturated carbocycles. The van der Waals surface area contributed by atoms with Crippen LogP contribution in [0.1, 0.15) is 17.3 Å². The maximum Gasteiger partial charge on any atom is 0.345 e. The highest BCUT2D eigenvalue weighted by Gasteiger charge is 2.16. The van der Waals surface area contributed by atoms with E-state index in [9.17, 15) is 9.59 Å². The van der Waals surface area contributed by atoms with E-state index in [2.05, 4.69) is 4.98 Å². The van der Waals surface area contributed by atoms with Crippen LogP contribution in [0.3, 0.4) is 0 Å². The van der Waals surface area contributed by atoms with Gasteiger partial charge in [0.15, 0.2) is 11.5 Å². The number of esters is 1. The summed E-state index contributed by atoms with van der Waals surface area (Å²) in [4.78, 5) is 26.6. The minimum Gasteiger partial charge on any atom is -0.493 e. The van der Waals surface area contributed by atoms with Crippen LogP contribution in [0.5, 0.6) is 11.5 Å². The molecule has 0 amide bonds. The van der Waals surface area contributed by atoms with Crippen LogP contribution >= 0.6 is 0 Å². The van der Waals surface area contributed by atoms with E-state index in [4.69, 9.17) is 14.2 Å². The fourth-order valence-corrected chi connectivity index (χ4v) is 2.52. The van der Waals surface area contributed by atoms with E-state index in [1.165, 1.54) is 6.20 Å². The highest BCUT2D eigenvalue weighted by molar-refractivity contribution is 5.92. The first-order valence-electron chi connectivity index (χ1n) is 7.06. The number of rotatable bonds is 4. The molecule has 3 rings (SSSR count). The number of methoxy groups -OCH3 is 2. The largest absolute Gasteiger partial charge is 0.493 e. The van der Waals surface area contributed by atoms with Gasteiger partial charge < -0.3 is 23.6 Å². The van der Waals surface area contributed by atoms with Crippen LogP contribution in [0.2, 0.25) is 0 Å². The third kappa shape index (κ3) is 2.40. The lowest BCUT2D eigenvalue weighted by Crippen LogP contribution is -2.20. The van der Waals surface area contributed by atoms with Gasteiger partial charge in [-0.3, -0.25) is 4.79 Å². The minimum atomic E-state index is -0.655. The number of aromatic amines is 1. The molecule has 1 aromatic carbocycles. The summed E-state index contributed by atoms with van der Waals surface area (Å²) in [6.45, 7) is 1.89. The second-order valence-corrected chi connectivity index (χ2v) is 4.88. The number of aromatic nitrogens is 2. The summed E-state index contributed by atoms with van der Waals surface area (Å²) in [5.74, 6) is 0.491. The molecule has 7 heteroatoms. The molecule has 120 valence electrons. The summed E-state index contributed by atoms with van der Waals surface area (Å²) in [5.41, 5.74) is 0.803. The predicted molar refractivity (Wildman–Crippen MR) is 84.6 cm³/mol. The van der Waals surface area contributed by atoms with Gasteiger partial charge in [0.2, 0.25) is 0 Å². The maximum atomic E-state index is 12.1. The Labute approximate surface area is 131 Å². The molecule has 2 heterocycles. The van der Waals surface area contributed by atoms with Crippen molar-refractivity contribution < 1.29 is 19.0 Å². The molecular weight excluding hydrogens is 300 g/mol. The van der Waals surface area contributed by atoms with Crippen molar-refractivity contribution in [3.05, 3.63) is 40.3 Å². The van der Waals surface area contributed by atoms with E-state index < -0.39 is 11.5 Å². The minimum absolute atomic E-state index is 0.0494. The molecular formula is C16H16N2O5. The van der Waals surface area contributed by atoms with Gasteiger partial charge in [-0.05, 0) is 19.1 Å². The zero-order valence-electron chi connectivity index (χ0n) is 13.0. The molecule has 0 fully saturated rings. The summed E-state index contributed by atoms with van der Waals surface area (Å²) in [6.07, 6.45) is 1.47. The maximum absolute atomic E-state index is 12.1. The Morgan fingerprint density at radius 1 is 1.17 bits per heavy atom. The highest BCUT2D eigenvalue weighted by atomic mass is 16.5. The van der Waals surface area contributed by atoms with Crippen molar-refractivity contribution in [3.8, 4) is 11.5 Å². The molecule has 0 atom stereocenters. The average Bonchev–Trinajstić information content (AvgIpc) is 2.88. The number of carbonyl (C=O) groups excluding carboxylic acids is 1. The van der Waals surface area contributed by atoms with Gasteiger partial charge in [-0.25, -0.2) is 4.79 Å². The number of carbonyl (C=O) groups is 1. The predicted octanol–water partition coefficient (Wildman–Crippen LogP) is 1.97. The van der Waals surface area contributed by atoms with Crippen LogP contribution in [0.25, 0.3) is 16.6 Å². The summed E-state index contributed by atoms with van der Waals surface area (Å²) in [5, 5.41) is 0.847. The molecule has 0 aliphatic rings. The molecule has 0 aliphatic carbocycles. The molecule has 0 saturated heterocycles. The van der Waals surface area contributed by atoms with Crippen molar-refractivity contribution >= 4 is 22.5 Å². The van der Waals surface area contributed by atoms with Crippen molar-refractivity contribution in [2.45, 2.75) is 6.92 Å². The van der Waals surface area contributed by atoms with Crippen LogP contribution in [0.15, 0.2) is 29.2 Å². The van der Waals surface area contributed by atoms with Crippen molar-refractivity contribution in [1.29, 1.82) is 0 Å². The number of benzene rings is 1. The smallest absolute Gasteiger partial charge is 0.345 e. The summed E-state index contributed by atoms with van der Waals surface area (Å²) < 4.78 is 17.2. The van der Waals surface area contributed by atoms with Gasteiger partial charge in [-0.2, -0.15) is 0 Å². The van der Waals surface area contributed by atoms with Crippen molar-refractivity contribution in [2.75, 3.05) is 20.8 Å². The second kappa shape index (κ2) is 5.68. The molecule has 3 aromatic rings. The van der Waals surface area contributed by atoms with Crippen LogP contribution in [0, 0.1) is 0 Å². The number of ether oxygens (including phenoxy) is 3. The molecule has 23 heavy (non-hydrogen) atoms. The standard InChI is InChI=1S/C16H16N2O5/c1-4-23-16(20)10-8-18-11-7-13(22-3)12(21-2)5-9(11)6-14(18)17-15(10)19/h5-8H,4H2,1-3H3,(H,17,19). The third-order valence-corrected chi connectivity index (χ3v) is 3.58. The lowest BCUT2D eigenvalue weighted by atomic mass is 10.2. The Morgan fingerprint density at radius 2 is 1.87 bits per heavy atom. The van der Waals surface area contributed by atoms with Gasteiger partial charge in [0.25, 0.3) is 5.56 Å². The van der Waals surface area contributed by atoms with E-state index >= 15 is 0 Å². The third-order valence-electron chi connectivity index (χ3n) is 3.58. The molecule has 7 nitrogen and oxygen atoms in total. The number of nitrogens with zero attached hydrogens (tertiary/aromatic N) is 1. The molecule has 1 N–H and O–H groups in total. The number of hydrogen-bond donors (Lipinski definition) is 1. The van der Waals surface area contributed by atoms with E-state index in [1.807, 2.05) is 6.07 Å². The normalized spacial score (nSPS) is 10.9. The number of H-pyrrole nitrogens is 1. The Hall–Kier alpha value is -2.96. The zero-order valence-corrected chi connectivity index (χ0v) is 13.0. The van der Waals surface area contributed by atoms with Crippen molar-refractivity contribution in [2.24, 2.45) is 0 Å². The molecule has 0 unspecified atom stereocenters. The summed E-state index contributed by atoms with van der Waals surface area (Å²) >= 11 is 0. The topological polar surface area (TPSA) is 82.0 Å². The lowest BCUT2D eigenvalue weighted by Gasteiger charge is -2.08. The fraction of sp³-hybridized carbons (Fsp3) is 0.250. The average molecular weight is 316 g/mol. The van der Waals surface area contributed by atoms with E-state index in [0.29, 0.717) is 17.1 Å². The number of nitrogens with one attached hydrogen (secondary N) is 1. The monoisotopic (exact) mass is 316 g/mol. The van der Waals surface area contributed by atoms with Gasteiger partial charge in [0, 0.05) is 17.6 Å². The molecule has 0 bridgehead atoms. The van der Waals surface area contributed by atoms with Crippen LogP contribution in [-0.2, 0) is 4.74 Å². The van der Waals surface area contributed by atoms with Gasteiger partial charge in [-0.1, -0.05) is 0 Å². The first kappa shape index (κ1) is 15.0. The number of fused-ring (bicyclic) bond motifs is 3. The van der Waals surface area contributed by atoms with E-state index in [1.54, 1.807) is 37.7 Å². The first-order valence-corrected chi connectivity index (χ1v) is 7.06. The quantitative estimate of drug-likeness (QED) is 0.744. The van der Waals surface area contributed by atoms with Crippen molar-refractivity contribution in [1.82, 2.24) is 9.38 Å². The zero-order chi connectivity index (χ0) is 16.6. The van der Waals surface area contributed by atoms with Gasteiger partial charge in [-0.15, -0.1) is 0 Å². The van der Waals surface area contributed by atoms with Gasteiger partial charge in [0.05, 0.1) is 26.3 Å². The lowest BCUT2D eigenvalue weighted by molar-refractivity contribution is 0.0523. The highest BCUT2D eigenvalue weighted by Crippen LogP contribution is 2.33. The first-order chi connectivity index (χ1) is 11.1. The Bertz CT molecular complexity index is 954.